The van der Waals surface area contributed by atoms with E-state index in [0.717, 1.165) is 17.1 Å². The molecule has 0 aromatic heterocycles. The van der Waals surface area contributed by atoms with E-state index in [1.165, 1.54) is 0 Å². The van der Waals surface area contributed by atoms with Crippen molar-refractivity contribution in [2.24, 2.45) is 0 Å². The highest BCUT2D eigenvalue weighted by Gasteiger charge is 2.02. The molecule has 2 N–H and O–H groups in total. The van der Waals surface area contributed by atoms with E-state index in [9.17, 15) is 4.79 Å². The molecule has 0 bridgehead atoms. The van der Waals surface area contributed by atoms with E-state index in [-0.39, 0.29) is 12.5 Å². The SMILES string of the molecule is COc1ccc(NCC(=O)Nc2ccc(Cl)cc2)cc1. The molecule has 0 aliphatic carbocycles. The zero-order chi connectivity index (χ0) is 14.4. The Morgan fingerprint density at radius 2 is 1.65 bits per heavy atom. The lowest BCUT2D eigenvalue weighted by atomic mass is 10.3. The predicted molar refractivity (Wildman–Crippen MR) is 81.6 cm³/mol. The lowest BCUT2D eigenvalue weighted by molar-refractivity contribution is -0.114. The Morgan fingerprint density at radius 1 is 1.05 bits per heavy atom. The summed E-state index contributed by atoms with van der Waals surface area (Å²) < 4.78 is 5.07. The molecular weight excluding hydrogens is 276 g/mol. The summed E-state index contributed by atoms with van der Waals surface area (Å²) in [5.41, 5.74) is 1.58. The largest absolute Gasteiger partial charge is 0.497 e. The number of benzene rings is 2. The number of amides is 1. The summed E-state index contributed by atoms with van der Waals surface area (Å²) in [6.45, 7) is 0.189. The van der Waals surface area contributed by atoms with E-state index < -0.39 is 0 Å². The Hall–Kier alpha value is -2.20. The van der Waals surface area contributed by atoms with Gasteiger partial charge in [-0.25, -0.2) is 0 Å². The normalized spacial score (nSPS) is 9.90. The van der Waals surface area contributed by atoms with Gasteiger partial charge < -0.3 is 15.4 Å². The van der Waals surface area contributed by atoms with Crippen LogP contribution in [0.15, 0.2) is 48.5 Å². The molecule has 0 saturated carbocycles. The van der Waals surface area contributed by atoms with Crippen LogP contribution in [0.4, 0.5) is 11.4 Å². The number of carbonyl (C=O) groups excluding carboxylic acids is 1. The van der Waals surface area contributed by atoms with Crippen molar-refractivity contribution in [3.8, 4) is 5.75 Å². The number of halogens is 1. The minimum atomic E-state index is -0.122. The molecule has 0 aliphatic heterocycles. The number of hydrogen-bond donors (Lipinski definition) is 2. The fourth-order valence-corrected chi connectivity index (χ4v) is 1.76. The number of carbonyl (C=O) groups is 1. The molecule has 104 valence electrons. The molecule has 2 rings (SSSR count). The Labute approximate surface area is 122 Å². The van der Waals surface area contributed by atoms with Crippen molar-refractivity contribution in [1.82, 2.24) is 0 Å². The van der Waals surface area contributed by atoms with E-state index in [2.05, 4.69) is 10.6 Å². The van der Waals surface area contributed by atoms with Gasteiger partial charge in [-0.15, -0.1) is 0 Å². The second-order valence-electron chi connectivity index (χ2n) is 4.14. The molecule has 0 saturated heterocycles. The molecule has 20 heavy (non-hydrogen) atoms. The molecule has 4 nitrogen and oxygen atoms in total. The van der Waals surface area contributed by atoms with Crippen LogP contribution < -0.4 is 15.4 Å². The maximum Gasteiger partial charge on any atom is 0.243 e. The quantitative estimate of drug-likeness (QED) is 0.887. The second-order valence-corrected chi connectivity index (χ2v) is 4.57. The molecule has 0 aliphatic rings. The van der Waals surface area contributed by atoms with Gasteiger partial charge in [0, 0.05) is 16.4 Å². The fourth-order valence-electron chi connectivity index (χ4n) is 1.63. The molecule has 0 atom stereocenters. The molecule has 0 unspecified atom stereocenters. The van der Waals surface area contributed by atoms with Crippen molar-refractivity contribution in [2.45, 2.75) is 0 Å². The number of methoxy groups -OCH3 is 1. The third kappa shape index (κ3) is 4.17. The number of nitrogens with one attached hydrogen (secondary N) is 2. The zero-order valence-electron chi connectivity index (χ0n) is 11.0. The summed E-state index contributed by atoms with van der Waals surface area (Å²) in [4.78, 5) is 11.8. The lowest BCUT2D eigenvalue weighted by Crippen LogP contribution is -2.21. The summed E-state index contributed by atoms with van der Waals surface area (Å²) in [7, 11) is 1.61. The first kappa shape index (κ1) is 14.2. The summed E-state index contributed by atoms with van der Waals surface area (Å²) >= 11 is 5.78. The number of hydrogen-bond acceptors (Lipinski definition) is 3. The van der Waals surface area contributed by atoms with Crippen LogP contribution in [0.5, 0.6) is 5.75 Å². The minimum absolute atomic E-state index is 0.122. The molecule has 0 spiro atoms. The highest BCUT2D eigenvalue weighted by atomic mass is 35.5. The molecular formula is C15H15ClN2O2. The fraction of sp³-hybridized carbons (Fsp3) is 0.133. The summed E-state index contributed by atoms with van der Waals surface area (Å²) in [6.07, 6.45) is 0. The second kappa shape index (κ2) is 6.82. The monoisotopic (exact) mass is 290 g/mol. The van der Waals surface area contributed by atoms with Crippen molar-refractivity contribution in [2.75, 3.05) is 24.3 Å². The highest BCUT2D eigenvalue weighted by molar-refractivity contribution is 6.30. The number of ether oxygens (including phenoxy) is 1. The van der Waals surface area contributed by atoms with Gasteiger partial charge in [-0.2, -0.15) is 0 Å². The van der Waals surface area contributed by atoms with E-state index in [4.69, 9.17) is 16.3 Å². The van der Waals surface area contributed by atoms with Crippen LogP contribution in [-0.4, -0.2) is 19.6 Å². The van der Waals surface area contributed by atoms with Crippen LogP contribution in [0.2, 0.25) is 5.02 Å². The van der Waals surface area contributed by atoms with Gasteiger partial charge >= 0.3 is 0 Å². The summed E-state index contributed by atoms with van der Waals surface area (Å²) in [5, 5.41) is 6.45. The van der Waals surface area contributed by atoms with Crippen LogP contribution in [0.3, 0.4) is 0 Å². The van der Waals surface area contributed by atoms with E-state index in [0.29, 0.717) is 5.02 Å². The molecule has 2 aromatic rings. The number of rotatable bonds is 5. The average molecular weight is 291 g/mol. The predicted octanol–water partition coefficient (Wildman–Crippen LogP) is 3.40. The topological polar surface area (TPSA) is 50.4 Å². The highest BCUT2D eigenvalue weighted by Crippen LogP contribution is 2.15. The van der Waals surface area contributed by atoms with Crippen LogP contribution in [0.25, 0.3) is 0 Å². The molecule has 0 fully saturated rings. The third-order valence-corrected chi connectivity index (χ3v) is 2.92. The smallest absolute Gasteiger partial charge is 0.243 e. The first-order chi connectivity index (χ1) is 9.67. The standard InChI is InChI=1S/C15H15ClN2O2/c1-20-14-8-6-12(7-9-14)17-10-15(19)18-13-4-2-11(16)3-5-13/h2-9,17H,10H2,1H3,(H,18,19). The van der Waals surface area contributed by atoms with Crippen LogP contribution in [0.1, 0.15) is 0 Å². The zero-order valence-corrected chi connectivity index (χ0v) is 11.8. The third-order valence-electron chi connectivity index (χ3n) is 2.67. The summed E-state index contributed by atoms with van der Waals surface area (Å²) in [5.74, 6) is 0.657. The minimum Gasteiger partial charge on any atom is -0.497 e. The van der Waals surface area contributed by atoms with Gasteiger partial charge in [0.05, 0.1) is 13.7 Å². The Bertz CT molecular complexity index is 567. The average Bonchev–Trinajstić information content (AvgIpc) is 2.48. The van der Waals surface area contributed by atoms with Gasteiger partial charge in [-0.05, 0) is 48.5 Å². The molecule has 5 heteroatoms. The van der Waals surface area contributed by atoms with E-state index in [1.807, 2.05) is 24.3 Å². The summed E-state index contributed by atoms with van der Waals surface area (Å²) in [6, 6.07) is 14.4. The van der Waals surface area contributed by atoms with Crippen molar-refractivity contribution in [3.05, 3.63) is 53.6 Å². The van der Waals surface area contributed by atoms with Gasteiger partial charge in [-0.3, -0.25) is 4.79 Å². The van der Waals surface area contributed by atoms with Gasteiger partial charge in [-0.1, -0.05) is 11.6 Å². The van der Waals surface area contributed by atoms with Gasteiger partial charge in [0.15, 0.2) is 0 Å². The number of anilines is 2. The maximum atomic E-state index is 11.8. The molecule has 0 radical (unpaired) electrons. The maximum absolute atomic E-state index is 11.8. The van der Waals surface area contributed by atoms with Gasteiger partial charge in [0.25, 0.3) is 0 Å². The van der Waals surface area contributed by atoms with Gasteiger partial charge in [0.2, 0.25) is 5.91 Å². The van der Waals surface area contributed by atoms with E-state index in [1.54, 1.807) is 31.4 Å². The van der Waals surface area contributed by atoms with Crippen LogP contribution >= 0.6 is 11.6 Å². The Balaban J connectivity index is 1.83. The first-order valence-electron chi connectivity index (χ1n) is 6.11. The van der Waals surface area contributed by atoms with Crippen LogP contribution in [-0.2, 0) is 4.79 Å². The van der Waals surface area contributed by atoms with E-state index >= 15 is 0 Å². The van der Waals surface area contributed by atoms with Crippen molar-refractivity contribution < 1.29 is 9.53 Å². The molecule has 0 heterocycles. The van der Waals surface area contributed by atoms with Crippen molar-refractivity contribution in [3.63, 3.8) is 0 Å². The van der Waals surface area contributed by atoms with Crippen molar-refractivity contribution >= 4 is 28.9 Å². The molecule has 2 aromatic carbocycles. The van der Waals surface area contributed by atoms with Crippen LogP contribution in [0, 0.1) is 0 Å². The van der Waals surface area contributed by atoms with Gasteiger partial charge in [0.1, 0.15) is 5.75 Å². The van der Waals surface area contributed by atoms with Crippen molar-refractivity contribution in [1.29, 1.82) is 0 Å². The first-order valence-corrected chi connectivity index (χ1v) is 6.48. The lowest BCUT2D eigenvalue weighted by Gasteiger charge is -2.08. The Morgan fingerprint density at radius 3 is 2.25 bits per heavy atom. The Kier molecular flexibility index (Phi) is 4.85. The molecule has 1 amide bonds.